The van der Waals surface area contributed by atoms with E-state index in [-0.39, 0.29) is 16.6 Å². The van der Waals surface area contributed by atoms with E-state index in [0.717, 1.165) is 24.5 Å². The second kappa shape index (κ2) is 7.78. The molecule has 2 unspecified atom stereocenters. The zero-order valence-corrected chi connectivity index (χ0v) is 21.1. The summed E-state index contributed by atoms with van der Waals surface area (Å²) in [5, 5.41) is 11.2. The van der Waals surface area contributed by atoms with Crippen molar-refractivity contribution < 1.29 is 14.5 Å². The first kappa shape index (κ1) is 22.8. The number of allylic oxidation sites excluding steroid dienone is 2. The largest absolute Gasteiger partial charge is 0.387 e. The fourth-order valence-corrected chi connectivity index (χ4v) is 6.14. The highest BCUT2D eigenvalue weighted by molar-refractivity contribution is 6.14. The molecule has 176 valence electrons. The number of fused-ring (bicyclic) bond motifs is 2. The third-order valence-electron chi connectivity index (χ3n) is 8.11. The maximum absolute atomic E-state index is 13.4. The molecule has 5 rings (SSSR count). The maximum atomic E-state index is 13.4. The Labute approximate surface area is 202 Å². The lowest BCUT2D eigenvalue weighted by atomic mass is 9.71. The Kier molecular flexibility index (Phi) is 5.21. The van der Waals surface area contributed by atoms with Crippen LogP contribution in [0.1, 0.15) is 52.7 Å². The third kappa shape index (κ3) is 3.01. The number of para-hydroxylation sites is 2. The average Bonchev–Trinajstić information content (AvgIpc) is 3.19. The van der Waals surface area contributed by atoms with E-state index in [1.165, 1.54) is 22.5 Å². The predicted octanol–water partition coefficient (Wildman–Crippen LogP) is 5.27. The van der Waals surface area contributed by atoms with Crippen molar-refractivity contribution in [2.45, 2.75) is 58.5 Å². The molecule has 0 radical (unpaired) electrons. The molecular weight excluding hydrogens is 420 g/mol. The van der Waals surface area contributed by atoms with Gasteiger partial charge in [0, 0.05) is 46.6 Å². The Morgan fingerprint density at radius 3 is 2.26 bits per heavy atom. The fraction of sp³-hybridized carbons (Fsp3) is 0.400. The normalized spacial score (nSPS) is 26.8. The van der Waals surface area contributed by atoms with E-state index < -0.39 is 12.0 Å². The van der Waals surface area contributed by atoms with Crippen LogP contribution in [0.2, 0.25) is 0 Å². The molecule has 0 bridgehead atoms. The van der Waals surface area contributed by atoms with Gasteiger partial charge in [-0.1, -0.05) is 56.3 Å². The lowest BCUT2D eigenvalue weighted by molar-refractivity contribution is -0.433. The minimum Gasteiger partial charge on any atom is -0.387 e. The standard InChI is InChI=1S/C30H35N2O2/c1-7-31-23-15-11-9-13-21(23)29(3,4)25(31)17-19-27(33)20(28(19)34)18-26-30(5,6)22-14-10-12-16-24(22)32(26)8-2/h9-19,27,33H,7-8H2,1-6H3/q+1. The molecule has 2 heterocycles. The number of carbonyl (C=O) groups is 1. The molecule has 1 aliphatic carbocycles. The minimum atomic E-state index is -0.788. The molecule has 1 N–H and O–H groups in total. The number of nitrogens with zero attached hydrogens (tertiary/aromatic N) is 2. The van der Waals surface area contributed by atoms with Gasteiger partial charge in [0.2, 0.25) is 5.69 Å². The van der Waals surface area contributed by atoms with E-state index in [9.17, 15) is 9.90 Å². The van der Waals surface area contributed by atoms with Crippen molar-refractivity contribution in [3.63, 3.8) is 0 Å². The number of aliphatic hydroxyl groups is 1. The van der Waals surface area contributed by atoms with Gasteiger partial charge >= 0.3 is 0 Å². The van der Waals surface area contributed by atoms with Crippen LogP contribution in [0.15, 0.2) is 72.0 Å². The third-order valence-corrected chi connectivity index (χ3v) is 8.11. The van der Waals surface area contributed by atoms with E-state index in [1.807, 2.05) is 12.2 Å². The number of carbonyl (C=O) groups excluding carboxylic acids is 1. The van der Waals surface area contributed by atoms with Gasteiger partial charge < -0.3 is 10.0 Å². The molecule has 3 aliphatic rings. The van der Waals surface area contributed by atoms with Crippen molar-refractivity contribution >= 4 is 22.9 Å². The number of hydrogen-bond acceptors (Lipinski definition) is 3. The van der Waals surface area contributed by atoms with Gasteiger partial charge in [-0.05, 0) is 39.3 Å². The minimum absolute atomic E-state index is 0.0260. The molecule has 2 aromatic carbocycles. The van der Waals surface area contributed by atoms with Gasteiger partial charge in [0.05, 0.1) is 17.4 Å². The van der Waals surface area contributed by atoms with Crippen LogP contribution < -0.4 is 4.90 Å². The summed E-state index contributed by atoms with van der Waals surface area (Å²) in [6, 6.07) is 16.9. The van der Waals surface area contributed by atoms with Gasteiger partial charge in [-0.25, -0.2) is 0 Å². The van der Waals surface area contributed by atoms with Crippen molar-refractivity contribution in [2.24, 2.45) is 5.92 Å². The second-order valence-electron chi connectivity index (χ2n) is 10.6. The van der Waals surface area contributed by atoms with Crippen LogP contribution in [0.5, 0.6) is 0 Å². The Balaban J connectivity index is 1.50. The number of hydrogen-bond donors (Lipinski definition) is 1. The van der Waals surface area contributed by atoms with E-state index in [0.29, 0.717) is 5.57 Å². The molecule has 2 aromatic rings. The van der Waals surface area contributed by atoms with Crippen LogP contribution in [0.4, 0.5) is 11.4 Å². The molecule has 0 saturated heterocycles. The Bertz CT molecular complexity index is 1280. The van der Waals surface area contributed by atoms with E-state index >= 15 is 0 Å². The molecule has 2 atom stereocenters. The highest BCUT2D eigenvalue weighted by Gasteiger charge is 2.50. The Hall–Kier alpha value is -2.98. The highest BCUT2D eigenvalue weighted by Crippen LogP contribution is 2.49. The highest BCUT2D eigenvalue weighted by atomic mass is 16.3. The lowest BCUT2D eigenvalue weighted by Crippen LogP contribution is -2.46. The van der Waals surface area contributed by atoms with Crippen LogP contribution in [-0.2, 0) is 15.6 Å². The molecule has 1 fully saturated rings. The first-order valence-corrected chi connectivity index (χ1v) is 12.4. The molecule has 4 nitrogen and oxygen atoms in total. The first-order valence-electron chi connectivity index (χ1n) is 12.4. The molecular formula is C30H35N2O2+. The summed E-state index contributed by atoms with van der Waals surface area (Å²) in [4.78, 5) is 15.7. The van der Waals surface area contributed by atoms with Crippen LogP contribution in [0, 0.1) is 5.92 Å². The van der Waals surface area contributed by atoms with Gasteiger partial charge in [0.15, 0.2) is 11.5 Å². The van der Waals surface area contributed by atoms with Crippen LogP contribution in [-0.4, -0.2) is 40.4 Å². The van der Waals surface area contributed by atoms with Crippen molar-refractivity contribution in [3.8, 4) is 0 Å². The van der Waals surface area contributed by atoms with Gasteiger partial charge in [0.25, 0.3) is 0 Å². The lowest BCUT2D eigenvalue weighted by Gasteiger charge is -2.35. The molecule has 4 heteroatoms. The zero-order chi connectivity index (χ0) is 24.4. The number of Topliss-reactive ketones (excluding diaryl/α,β-unsaturated/α-hetero) is 1. The predicted molar refractivity (Wildman–Crippen MR) is 138 cm³/mol. The molecule has 34 heavy (non-hydrogen) atoms. The van der Waals surface area contributed by atoms with Crippen molar-refractivity contribution in [3.05, 3.63) is 83.1 Å². The van der Waals surface area contributed by atoms with Gasteiger partial charge in [-0.15, -0.1) is 0 Å². The fourth-order valence-electron chi connectivity index (χ4n) is 6.14. The van der Waals surface area contributed by atoms with Crippen LogP contribution >= 0.6 is 0 Å². The summed E-state index contributed by atoms with van der Waals surface area (Å²) in [7, 11) is 0. The van der Waals surface area contributed by atoms with Gasteiger partial charge in [-0.2, -0.15) is 4.58 Å². The summed E-state index contributed by atoms with van der Waals surface area (Å²) in [5.74, 6) is -0.482. The van der Waals surface area contributed by atoms with E-state index in [4.69, 9.17) is 0 Å². The summed E-state index contributed by atoms with van der Waals surface area (Å²) in [6.07, 6.45) is 3.19. The first-order chi connectivity index (χ1) is 16.1. The maximum Gasteiger partial charge on any atom is 0.209 e. The van der Waals surface area contributed by atoms with Crippen LogP contribution in [0.25, 0.3) is 0 Å². The van der Waals surface area contributed by atoms with Crippen molar-refractivity contribution in [1.29, 1.82) is 0 Å². The Morgan fingerprint density at radius 1 is 0.971 bits per heavy atom. The average molecular weight is 456 g/mol. The monoisotopic (exact) mass is 455 g/mol. The van der Waals surface area contributed by atoms with Gasteiger partial charge in [0.1, 0.15) is 6.54 Å². The van der Waals surface area contributed by atoms with Crippen molar-refractivity contribution in [2.75, 3.05) is 18.0 Å². The van der Waals surface area contributed by atoms with Crippen molar-refractivity contribution in [1.82, 2.24) is 0 Å². The number of benzene rings is 2. The number of rotatable bonds is 4. The number of anilines is 1. The number of ketones is 1. The molecule has 0 aromatic heterocycles. The van der Waals surface area contributed by atoms with Gasteiger partial charge in [-0.3, -0.25) is 4.79 Å². The summed E-state index contributed by atoms with van der Waals surface area (Å²) in [6.45, 7) is 14.7. The molecule has 1 saturated carbocycles. The quantitative estimate of drug-likeness (QED) is 0.505. The van der Waals surface area contributed by atoms with E-state index in [2.05, 4.69) is 99.5 Å². The molecule has 2 aliphatic heterocycles. The molecule has 0 spiro atoms. The number of likely N-dealkylation sites (N-methyl/N-ethyl adjacent to an activating group) is 1. The van der Waals surface area contributed by atoms with Crippen LogP contribution in [0.3, 0.4) is 0 Å². The smallest absolute Gasteiger partial charge is 0.209 e. The number of aliphatic hydroxyl groups excluding tert-OH is 1. The summed E-state index contributed by atoms with van der Waals surface area (Å²) >= 11 is 0. The Morgan fingerprint density at radius 2 is 1.62 bits per heavy atom. The summed E-state index contributed by atoms with van der Waals surface area (Å²) < 4.78 is 2.27. The topological polar surface area (TPSA) is 43.5 Å². The zero-order valence-electron chi connectivity index (χ0n) is 21.1. The van der Waals surface area contributed by atoms with E-state index in [1.54, 1.807) is 0 Å². The molecule has 0 amide bonds. The SMILES string of the molecule is CCN1C(=CC2C(=O)C(=CC3=[N+](CC)c4ccccc4C3(C)C)C2O)C(C)(C)c2ccccc21. The second-order valence-corrected chi connectivity index (χ2v) is 10.6. The summed E-state index contributed by atoms with van der Waals surface area (Å²) in [5.41, 5.74) is 7.16.